The summed E-state index contributed by atoms with van der Waals surface area (Å²) in [5, 5.41) is 9.14. The van der Waals surface area contributed by atoms with E-state index in [1.165, 1.54) is 13.3 Å². The Bertz CT molecular complexity index is 991. The molecule has 0 aliphatic carbocycles. The molecule has 0 bridgehead atoms. The lowest BCUT2D eigenvalue weighted by Gasteiger charge is -2.13. The molecule has 0 saturated heterocycles. The first kappa shape index (κ1) is 25.4. The summed E-state index contributed by atoms with van der Waals surface area (Å²) in [5.74, 6) is -1.09. The Balaban J connectivity index is 1.90. The molecule has 2 rings (SSSR count). The number of carbonyl (C=O) groups is 3. The number of aryl methyl sites for hydroxylation is 1. The van der Waals surface area contributed by atoms with Crippen LogP contribution in [0.15, 0.2) is 47.6 Å². The SMILES string of the molecule is CCCCNC(=O)C(=O)N/N=C\c1ccc(OCC(=O)Nc2ccccc2CC)c(OC)c1. The second-order valence-corrected chi connectivity index (χ2v) is 7.07. The van der Waals surface area contributed by atoms with Gasteiger partial charge in [0, 0.05) is 12.2 Å². The number of amides is 3. The van der Waals surface area contributed by atoms with Gasteiger partial charge in [-0.25, -0.2) is 5.43 Å². The highest BCUT2D eigenvalue weighted by Gasteiger charge is 2.12. The van der Waals surface area contributed by atoms with E-state index in [2.05, 4.69) is 21.2 Å². The van der Waals surface area contributed by atoms with E-state index in [-0.39, 0.29) is 12.5 Å². The molecule has 0 saturated carbocycles. The van der Waals surface area contributed by atoms with Gasteiger partial charge in [-0.3, -0.25) is 14.4 Å². The number of carbonyl (C=O) groups excluding carboxylic acids is 3. The van der Waals surface area contributed by atoms with Crippen molar-refractivity contribution < 1.29 is 23.9 Å². The summed E-state index contributed by atoms with van der Waals surface area (Å²) in [7, 11) is 1.48. The fourth-order valence-electron chi connectivity index (χ4n) is 2.84. The Kier molecular flexibility index (Phi) is 10.4. The van der Waals surface area contributed by atoms with Gasteiger partial charge in [-0.05, 0) is 48.2 Å². The minimum Gasteiger partial charge on any atom is -0.493 e. The summed E-state index contributed by atoms with van der Waals surface area (Å²) in [4.78, 5) is 35.6. The smallest absolute Gasteiger partial charge is 0.329 e. The number of para-hydroxylation sites is 1. The minimum absolute atomic E-state index is 0.189. The average molecular weight is 455 g/mol. The van der Waals surface area contributed by atoms with Crippen LogP contribution in [0.3, 0.4) is 0 Å². The zero-order valence-electron chi connectivity index (χ0n) is 19.1. The molecule has 0 unspecified atom stereocenters. The van der Waals surface area contributed by atoms with Crippen molar-refractivity contribution >= 4 is 29.6 Å². The molecule has 0 heterocycles. The molecular weight excluding hydrogens is 424 g/mol. The van der Waals surface area contributed by atoms with E-state index in [1.807, 2.05) is 38.1 Å². The van der Waals surface area contributed by atoms with Crippen LogP contribution in [0, 0.1) is 0 Å². The number of hydrogen-bond acceptors (Lipinski definition) is 6. The van der Waals surface area contributed by atoms with Crippen molar-refractivity contribution in [1.82, 2.24) is 10.7 Å². The summed E-state index contributed by atoms with van der Waals surface area (Å²) >= 11 is 0. The molecule has 9 heteroatoms. The minimum atomic E-state index is -0.843. The highest BCUT2D eigenvalue weighted by Crippen LogP contribution is 2.27. The van der Waals surface area contributed by atoms with Crippen LogP contribution in [-0.2, 0) is 20.8 Å². The summed E-state index contributed by atoms with van der Waals surface area (Å²) in [6.45, 7) is 4.26. The van der Waals surface area contributed by atoms with Crippen molar-refractivity contribution in [3.05, 3.63) is 53.6 Å². The molecule has 33 heavy (non-hydrogen) atoms. The second-order valence-electron chi connectivity index (χ2n) is 7.07. The Labute approximate surface area is 193 Å². The summed E-state index contributed by atoms with van der Waals surface area (Å²) in [6, 6.07) is 12.5. The molecular formula is C24H30N4O5. The number of hydrazone groups is 1. The van der Waals surface area contributed by atoms with Crippen LogP contribution in [0.1, 0.15) is 37.8 Å². The van der Waals surface area contributed by atoms with Crippen molar-refractivity contribution in [2.45, 2.75) is 33.1 Å². The molecule has 0 atom stereocenters. The molecule has 0 aromatic heterocycles. The number of unbranched alkanes of at least 4 members (excludes halogenated alkanes) is 1. The zero-order valence-corrected chi connectivity index (χ0v) is 19.1. The predicted molar refractivity (Wildman–Crippen MR) is 127 cm³/mol. The van der Waals surface area contributed by atoms with Gasteiger partial charge >= 0.3 is 11.8 Å². The molecule has 176 valence electrons. The van der Waals surface area contributed by atoms with Gasteiger partial charge in [0.1, 0.15) is 0 Å². The Morgan fingerprint density at radius 2 is 1.82 bits per heavy atom. The largest absolute Gasteiger partial charge is 0.493 e. The van der Waals surface area contributed by atoms with Crippen LogP contribution >= 0.6 is 0 Å². The van der Waals surface area contributed by atoms with Crippen molar-refractivity contribution in [3.63, 3.8) is 0 Å². The third kappa shape index (κ3) is 8.29. The number of ether oxygens (including phenoxy) is 2. The quantitative estimate of drug-likeness (QED) is 0.209. The van der Waals surface area contributed by atoms with Gasteiger partial charge in [0.2, 0.25) is 0 Å². The van der Waals surface area contributed by atoms with Crippen molar-refractivity contribution in [3.8, 4) is 11.5 Å². The second kappa shape index (κ2) is 13.5. The van der Waals surface area contributed by atoms with Gasteiger partial charge in [-0.2, -0.15) is 5.10 Å². The highest BCUT2D eigenvalue weighted by molar-refractivity contribution is 6.35. The molecule has 0 radical (unpaired) electrons. The van der Waals surface area contributed by atoms with Crippen molar-refractivity contribution in [2.75, 3.05) is 25.6 Å². The van der Waals surface area contributed by atoms with E-state index in [9.17, 15) is 14.4 Å². The Morgan fingerprint density at radius 3 is 2.55 bits per heavy atom. The van der Waals surface area contributed by atoms with Crippen molar-refractivity contribution in [1.29, 1.82) is 0 Å². The van der Waals surface area contributed by atoms with E-state index in [0.29, 0.717) is 23.6 Å². The average Bonchev–Trinajstić information content (AvgIpc) is 2.83. The molecule has 3 N–H and O–H groups in total. The molecule has 0 aliphatic rings. The van der Waals surface area contributed by atoms with Gasteiger partial charge in [0.05, 0.1) is 13.3 Å². The maximum atomic E-state index is 12.3. The van der Waals surface area contributed by atoms with Gasteiger partial charge < -0.3 is 20.1 Å². The van der Waals surface area contributed by atoms with Crippen molar-refractivity contribution in [2.24, 2.45) is 5.10 Å². The number of benzene rings is 2. The molecule has 0 spiro atoms. The predicted octanol–water partition coefficient (Wildman–Crippen LogP) is 2.64. The number of methoxy groups -OCH3 is 1. The monoisotopic (exact) mass is 454 g/mol. The highest BCUT2D eigenvalue weighted by atomic mass is 16.5. The van der Waals surface area contributed by atoms with Crippen LogP contribution in [0.4, 0.5) is 5.69 Å². The van der Waals surface area contributed by atoms with E-state index in [4.69, 9.17) is 9.47 Å². The number of hydrogen-bond donors (Lipinski definition) is 3. The molecule has 2 aromatic carbocycles. The summed E-state index contributed by atoms with van der Waals surface area (Å²) in [6.07, 6.45) is 3.89. The van der Waals surface area contributed by atoms with Crippen LogP contribution in [0.5, 0.6) is 11.5 Å². The van der Waals surface area contributed by atoms with Gasteiger partial charge in [0.25, 0.3) is 5.91 Å². The molecule has 9 nitrogen and oxygen atoms in total. The first-order chi connectivity index (χ1) is 16.0. The zero-order chi connectivity index (χ0) is 24.1. The molecule has 3 amide bonds. The normalized spacial score (nSPS) is 10.5. The van der Waals surface area contributed by atoms with Crippen LogP contribution in [0.2, 0.25) is 0 Å². The van der Waals surface area contributed by atoms with Crippen LogP contribution in [-0.4, -0.2) is 44.2 Å². The van der Waals surface area contributed by atoms with E-state index >= 15 is 0 Å². The van der Waals surface area contributed by atoms with Gasteiger partial charge in [-0.1, -0.05) is 38.5 Å². The number of anilines is 1. The van der Waals surface area contributed by atoms with Gasteiger partial charge in [0.15, 0.2) is 18.1 Å². The Morgan fingerprint density at radius 1 is 1.03 bits per heavy atom. The first-order valence-electron chi connectivity index (χ1n) is 10.8. The maximum absolute atomic E-state index is 12.3. The van der Waals surface area contributed by atoms with Crippen LogP contribution < -0.4 is 25.5 Å². The molecule has 0 aliphatic heterocycles. The lowest BCUT2D eigenvalue weighted by molar-refractivity contribution is -0.139. The summed E-state index contributed by atoms with van der Waals surface area (Å²) < 4.78 is 10.9. The standard InChI is InChI=1S/C24H30N4O5/c1-4-6-13-25-23(30)24(31)28-26-15-17-11-12-20(21(14-17)32-3)33-16-22(29)27-19-10-8-7-9-18(19)5-2/h7-12,14-15H,4-6,13,16H2,1-3H3,(H,25,30)(H,27,29)(H,28,31)/b26-15-. The lowest BCUT2D eigenvalue weighted by atomic mass is 10.1. The van der Waals surface area contributed by atoms with E-state index < -0.39 is 11.8 Å². The van der Waals surface area contributed by atoms with E-state index in [1.54, 1.807) is 18.2 Å². The molecule has 2 aromatic rings. The fraction of sp³-hybridized carbons (Fsp3) is 0.333. The number of nitrogens with one attached hydrogen (secondary N) is 3. The number of nitrogens with zero attached hydrogens (tertiary/aromatic N) is 1. The maximum Gasteiger partial charge on any atom is 0.329 e. The van der Waals surface area contributed by atoms with Gasteiger partial charge in [-0.15, -0.1) is 0 Å². The fourth-order valence-corrected chi connectivity index (χ4v) is 2.84. The number of rotatable bonds is 11. The third-order valence-electron chi connectivity index (χ3n) is 4.62. The topological polar surface area (TPSA) is 118 Å². The Hall–Kier alpha value is -3.88. The van der Waals surface area contributed by atoms with Crippen LogP contribution in [0.25, 0.3) is 0 Å². The molecule has 0 fully saturated rings. The summed E-state index contributed by atoms with van der Waals surface area (Å²) in [5.41, 5.74) is 4.58. The third-order valence-corrected chi connectivity index (χ3v) is 4.62. The lowest BCUT2D eigenvalue weighted by Crippen LogP contribution is -2.38. The van der Waals surface area contributed by atoms with E-state index in [0.717, 1.165) is 30.5 Å². The first-order valence-corrected chi connectivity index (χ1v) is 10.8.